The molecule has 1 heterocycles. The highest BCUT2D eigenvalue weighted by atomic mass is 16.7. The normalized spacial score (nSPS) is 18.9. The molecule has 7 nitrogen and oxygen atoms in total. The van der Waals surface area contributed by atoms with Crippen molar-refractivity contribution in [1.29, 1.82) is 0 Å². The summed E-state index contributed by atoms with van der Waals surface area (Å²) in [6.45, 7) is 0.801. The Bertz CT molecular complexity index is 269. The molecule has 0 aliphatic carbocycles. The fourth-order valence-corrected chi connectivity index (χ4v) is 1.52. The van der Waals surface area contributed by atoms with Crippen molar-refractivity contribution in [3.8, 4) is 0 Å². The monoisotopic (exact) mass is 232 g/mol. The fraction of sp³-hybridized carbons (Fsp3) is 0.778. The van der Waals surface area contributed by atoms with E-state index in [2.05, 4.69) is 5.32 Å². The molecule has 1 rings (SSSR count). The molecule has 92 valence electrons. The summed E-state index contributed by atoms with van der Waals surface area (Å²) < 4.78 is 10.3. The molecule has 0 aromatic heterocycles. The SMILES string of the molecule is COC1(OC)CN(CC(=O)NCC(=O)O)C1. The van der Waals surface area contributed by atoms with Crippen LogP contribution in [0.4, 0.5) is 0 Å². The van der Waals surface area contributed by atoms with Crippen molar-refractivity contribution in [2.24, 2.45) is 0 Å². The van der Waals surface area contributed by atoms with Crippen molar-refractivity contribution in [2.75, 3.05) is 40.4 Å². The minimum absolute atomic E-state index is 0.155. The lowest BCUT2D eigenvalue weighted by atomic mass is 10.1. The summed E-state index contributed by atoms with van der Waals surface area (Å²) in [4.78, 5) is 23.3. The lowest BCUT2D eigenvalue weighted by Gasteiger charge is -2.47. The van der Waals surface area contributed by atoms with Gasteiger partial charge in [0.15, 0.2) is 5.79 Å². The molecule has 0 atom stereocenters. The van der Waals surface area contributed by atoms with E-state index in [4.69, 9.17) is 14.6 Å². The van der Waals surface area contributed by atoms with Gasteiger partial charge in [-0.2, -0.15) is 0 Å². The molecule has 0 aromatic carbocycles. The zero-order valence-corrected chi connectivity index (χ0v) is 9.36. The number of amides is 1. The second-order valence-electron chi connectivity index (χ2n) is 3.63. The molecule has 1 amide bonds. The zero-order chi connectivity index (χ0) is 12.2. The fourth-order valence-electron chi connectivity index (χ4n) is 1.52. The van der Waals surface area contributed by atoms with E-state index < -0.39 is 11.8 Å². The third-order valence-electron chi connectivity index (χ3n) is 2.48. The molecule has 0 radical (unpaired) electrons. The van der Waals surface area contributed by atoms with Gasteiger partial charge in [-0.25, -0.2) is 0 Å². The molecule has 16 heavy (non-hydrogen) atoms. The van der Waals surface area contributed by atoms with Crippen LogP contribution in [0, 0.1) is 0 Å². The average molecular weight is 232 g/mol. The molecule has 2 N–H and O–H groups in total. The molecule has 0 bridgehead atoms. The van der Waals surface area contributed by atoms with Crippen LogP contribution in [0.25, 0.3) is 0 Å². The molecule has 1 aliphatic heterocycles. The molecule has 1 aliphatic rings. The number of rotatable bonds is 6. The first-order chi connectivity index (χ1) is 7.51. The molecular formula is C9H16N2O5. The van der Waals surface area contributed by atoms with Crippen LogP contribution in [0.1, 0.15) is 0 Å². The second kappa shape index (κ2) is 5.24. The van der Waals surface area contributed by atoms with Gasteiger partial charge in [-0.3, -0.25) is 14.5 Å². The van der Waals surface area contributed by atoms with Gasteiger partial charge in [0.1, 0.15) is 6.54 Å². The van der Waals surface area contributed by atoms with Crippen LogP contribution in [-0.4, -0.2) is 68.1 Å². The predicted octanol–water partition coefficient (Wildman–Crippen LogP) is -1.51. The highest BCUT2D eigenvalue weighted by Gasteiger charge is 2.44. The van der Waals surface area contributed by atoms with Gasteiger partial charge in [0.2, 0.25) is 5.91 Å². The summed E-state index contributed by atoms with van der Waals surface area (Å²) in [6.07, 6.45) is 0. The third-order valence-corrected chi connectivity index (χ3v) is 2.48. The number of carboxylic acid groups (broad SMARTS) is 1. The number of aliphatic carboxylic acids is 1. The van der Waals surface area contributed by atoms with E-state index in [-0.39, 0.29) is 19.0 Å². The molecule has 1 fully saturated rings. The topological polar surface area (TPSA) is 88.1 Å². The number of ether oxygens (including phenoxy) is 2. The Kier molecular flexibility index (Phi) is 4.22. The van der Waals surface area contributed by atoms with Crippen molar-refractivity contribution in [3.63, 3.8) is 0 Å². The number of carbonyl (C=O) groups excluding carboxylic acids is 1. The lowest BCUT2D eigenvalue weighted by Crippen LogP contribution is -2.65. The van der Waals surface area contributed by atoms with E-state index in [1.54, 1.807) is 14.2 Å². The Balaban J connectivity index is 2.21. The van der Waals surface area contributed by atoms with Crippen LogP contribution in [0.15, 0.2) is 0 Å². The van der Waals surface area contributed by atoms with Gasteiger partial charge in [-0.15, -0.1) is 0 Å². The van der Waals surface area contributed by atoms with Gasteiger partial charge >= 0.3 is 5.97 Å². The molecule has 0 aromatic rings. The molecule has 0 saturated carbocycles. The maximum absolute atomic E-state index is 11.2. The zero-order valence-electron chi connectivity index (χ0n) is 9.36. The lowest BCUT2D eigenvalue weighted by molar-refractivity contribution is -0.274. The average Bonchev–Trinajstić information content (AvgIpc) is 2.20. The van der Waals surface area contributed by atoms with E-state index in [0.29, 0.717) is 13.1 Å². The molecule has 1 saturated heterocycles. The number of likely N-dealkylation sites (tertiary alicyclic amines) is 1. The summed E-state index contributed by atoms with van der Waals surface area (Å²) in [5, 5.41) is 10.6. The number of hydrogen-bond acceptors (Lipinski definition) is 5. The molecule has 7 heteroatoms. The van der Waals surface area contributed by atoms with Crippen molar-refractivity contribution in [1.82, 2.24) is 10.2 Å². The van der Waals surface area contributed by atoms with E-state index in [1.807, 2.05) is 4.90 Å². The number of nitrogens with one attached hydrogen (secondary N) is 1. The number of carbonyl (C=O) groups is 2. The van der Waals surface area contributed by atoms with Crippen molar-refractivity contribution in [3.05, 3.63) is 0 Å². The summed E-state index contributed by atoms with van der Waals surface area (Å²) >= 11 is 0. The van der Waals surface area contributed by atoms with E-state index in [9.17, 15) is 9.59 Å². The van der Waals surface area contributed by atoms with Crippen LogP contribution in [0.5, 0.6) is 0 Å². The van der Waals surface area contributed by atoms with Gasteiger partial charge in [-0.1, -0.05) is 0 Å². The highest BCUT2D eigenvalue weighted by Crippen LogP contribution is 2.24. The third kappa shape index (κ3) is 3.16. The van der Waals surface area contributed by atoms with E-state index in [1.165, 1.54) is 0 Å². The van der Waals surface area contributed by atoms with Gasteiger partial charge in [0.05, 0.1) is 19.6 Å². The minimum Gasteiger partial charge on any atom is -0.480 e. The summed E-state index contributed by atoms with van der Waals surface area (Å²) in [5.74, 6) is -1.99. The standard InChI is InChI=1S/C9H16N2O5/c1-15-9(16-2)5-11(6-9)4-7(12)10-3-8(13)14/h3-6H2,1-2H3,(H,10,12)(H,13,14). The van der Waals surface area contributed by atoms with Gasteiger partial charge in [-0.05, 0) is 0 Å². The van der Waals surface area contributed by atoms with Crippen molar-refractivity contribution < 1.29 is 24.2 Å². The number of nitrogens with zero attached hydrogens (tertiary/aromatic N) is 1. The molecular weight excluding hydrogens is 216 g/mol. The Morgan fingerprint density at radius 3 is 2.38 bits per heavy atom. The number of methoxy groups -OCH3 is 2. The van der Waals surface area contributed by atoms with Gasteiger partial charge < -0.3 is 19.9 Å². The Morgan fingerprint density at radius 2 is 1.94 bits per heavy atom. The maximum atomic E-state index is 11.2. The van der Waals surface area contributed by atoms with E-state index >= 15 is 0 Å². The van der Waals surface area contributed by atoms with Crippen molar-refractivity contribution >= 4 is 11.9 Å². The molecule has 0 spiro atoms. The smallest absolute Gasteiger partial charge is 0.322 e. The largest absolute Gasteiger partial charge is 0.480 e. The van der Waals surface area contributed by atoms with Gasteiger partial charge in [0.25, 0.3) is 0 Å². The van der Waals surface area contributed by atoms with Crippen molar-refractivity contribution in [2.45, 2.75) is 5.79 Å². The first-order valence-electron chi connectivity index (χ1n) is 4.82. The van der Waals surface area contributed by atoms with Crippen LogP contribution < -0.4 is 5.32 Å². The number of carboxylic acids is 1. The van der Waals surface area contributed by atoms with Crippen LogP contribution >= 0.6 is 0 Å². The first-order valence-corrected chi connectivity index (χ1v) is 4.82. The van der Waals surface area contributed by atoms with Gasteiger partial charge in [0, 0.05) is 14.2 Å². The molecule has 0 unspecified atom stereocenters. The summed E-state index contributed by atoms with van der Waals surface area (Å²) in [6, 6.07) is 0. The van der Waals surface area contributed by atoms with E-state index in [0.717, 1.165) is 0 Å². The number of hydrogen-bond donors (Lipinski definition) is 2. The maximum Gasteiger partial charge on any atom is 0.322 e. The Hall–Kier alpha value is -1.18. The Morgan fingerprint density at radius 1 is 1.38 bits per heavy atom. The van der Waals surface area contributed by atoms with Crippen LogP contribution in [0.2, 0.25) is 0 Å². The minimum atomic E-state index is -1.06. The summed E-state index contributed by atoms with van der Waals surface area (Å²) in [7, 11) is 3.09. The summed E-state index contributed by atoms with van der Waals surface area (Å²) in [5.41, 5.74) is 0. The predicted molar refractivity (Wildman–Crippen MR) is 53.8 cm³/mol. The second-order valence-corrected chi connectivity index (χ2v) is 3.63. The van der Waals surface area contributed by atoms with Crippen LogP contribution in [-0.2, 0) is 19.1 Å². The van der Waals surface area contributed by atoms with Crippen LogP contribution in [0.3, 0.4) is 0 Å². The first kappa shape index (κ1) is 12.9. The highest BCUT2D eigenvalue weighted by molar-refractivity contribution is 5.82. The Labute approximate surface area is 93.3 Å². The quantitative estimate of drug-likeness (QED) is 0.541.